The maximum absolute atomic E-state index is 12.6. The van der Waals surface area contributed by atoms with E-state index in [0.717, 1.165) is 10.5 Å². The minimum Gasteiger partial charge on any atom is -0.259 e. The van der Waals surface area contributed by atoms with Crippen LogP contribution in [0.15, 0.2) is 76.5 Å². The largest absolute Gasteiger partial charge is 0.269 e. The molecule has 0 unspecified atom stereocenters. The van der Waals surface area contributed by atoms with E-state index in [-0.39, 0.29) is 16.4 Å². The van der Waals surface area contributed by atoms with Gasteiger partial charge in [-0.15, -0.1) is 11.6 Å². The van der Waals surface area contributed by atoms with Gasteiger partial charge in [-0.25, -0.2) is 17.7 Å². The lowest BCUT2D eigenvalue weighted by Gasteiger charge is -2.17. The molecular formula is C15H16ClN3O4S. The number of halogens is 1. The molecule has 0 aromatic heterocycles. The van der Waals surface area contributed by atoms with Crippen molar-refractivity contribution in [3.05, 3.63) is 76.8 Å². The fraction of sp³-hybridized carbons (Fsp3) is 0.133. The molecule has 0 saturated heterocycles. The van der Waals surface area contributed by atoms with Gasteiger partial charge in [-0.05, 0) is 18.2 Å². The second-order valence-corrected chi connectivity index (χ2v) is 6.25. The second-order valence-electron chi connectivity index (χ2n) is 4.44. The summed E-state index contributed by atoms with van der Waals surface area (Å²) >= 11 is 4.64. The number of aliphatic imine (C=N–C) groups is 1. The average molecular weight is 370 g/mol. The van der Waals surface area contributed by atoms with Crippen LogP contribution in [0.5, 0.6) is 0 Å². The molecule has 7 nitrogen and oxygen atoms in total. The van der Waals surface area contributed by atoms with Crippen molar-refractivity contribution in [3.8, 4) is 0 Å². The lowest BCUT2D eigenvalue weighted by atomic mass is 10.3. The SMILES string of the molecule is C=C1C=CN(S(=O)(=O)c2ccccc2)C1=N/C=C(\C)[N+](=O)[O-].CCl. The number of hydrogen-bond acceptors (Lipinski definition) is 5. The molecule has 1 aliphatic rings. The molecule has 1 heterocycles. The summed E-state index contributed by atoms with van der Waals surface area (Å²) in [6.45, 7) is 4.96. The van der Waals surface area contributed by atoms with Crippen LogP contribution in [0.3, 0.4) is 0 Å². The van der Waals surface area contributed by atoms with Crippen molar-refractivity contribution in [2.45, 2.75) is 11.8 Å². The first kappa shape index (κ1) is 19.6. The Hall–Kier alpha value is -2.45. The number of allylic oxidation sites excluding steroid dienone is 1. The predicted molar refractivity (Wildman–Crippen MR) is 93.7 cm³/mol. The third kappa shape index (κ3) is 4.30. The Morgan fingerprint density at radius 3 is 2.46 bits per heavy atom. The van der Waals surface area contributed by atoms with Crippen molar-refractivity contribution in [2.24, 2.45) is 4.99 Å². The summed E-state index contributed by atoms with van der Waals surface area (Å²) in [7, 11) is -3.83. The first-order valence-corrected chi connectivity index (χ1v) is 8.77. The van der Waals surface area contributed by atoms with Gasteiger partial charge in [-0.2, -0.15) is 0 Å². The van der Waals surface area contributed by atoms with E-state index in [1.807, 2.05) is 0 Å². The van der Waals surface area contributed by atoms with Crippen LogP contribution >= 0.6 is 11.6 Å². The van der Waals surface area contributed by atoms with Crippen molar-refractivity contribution in [1.29, 1.82) is 0 Å². The number of amidine groups is 1. The van der Waals surface area contributed by atoms with E-state index in [9.17, 15) is 18.5 Å². The Kier molecular flexibility index (Phi) is 6.87. The lowest BCUT2D eigenvalue weighted by molar-refractivity contribution is -0.424. The van der Waals surface area contributed by atoms with E-state index >= 15 is 0 Å². The van der Waals surface area contributed by atoms with Gasteiger partial charge in [0, 0.05) is 25.1 Å². The molecule has 128 valence electrons. The van der Waals surface area contributed by atoms with E-state index in [4.69, 9.17) is 0 Å². The molecule has 0 radical (unpaired) electrons. The highest BCUT2D eigenvalue weighted by molar-refractivity contribution is 7.89. The van der Waals surface area contributed by atoms with E-state index in [0.29, 0.717) is 5.57 Å². The highest BCUT2D eigenvalue weighted by atomic mass is 35.5. The van der Waals surface area contributed by atoms with Crippen LogP contribution < -0.4 is 0 Å². The molecule has 1 aliphatic heterocycles. The van der Waals surface area contributed by atoms with Crippen LogP contribution in [0.4, 0.5) is 0 Å². The summed E-state index contributed by atoms with van der Waals surface area (Å²) in [4.78, 5) is 14.0. The molecule has 24 heavy (non-hydrogen) atoms. The number of sulfonamides is 1. The zero-order valence-electron chi connectivity index (χ0n) is 13.1. The molecule has 0 N–H and O–H groups in total. The number of hydrogen-bond donors (Lipinski definition) is 0. The zero-order valence-corrected chi connectivity index (χ0v) is 14.7. The van der Waals surface area contributed by atoms with Gasteiger partial charge in [-0.1, -0.05) is 24.8 Å². The highest BCUT2D eigenvalue weighted by Gasteiger charge is 2.30. The van der Waals surface area contributed by atoms with Crippen LogP contribution in [0.25, 0.3) is 0 Å². The van der Waals surface area contributed by atoms with Crippen molar-refractivity contribution in [1.82, 2.24) is 4.31 Å². The van der Waals surface area contributed by atoms with Crippen LogP contribution in [0.1, 0.15) is 6.92 Å². The Morgan fingerprint density at radius 1 is 1.33 bits per heavy atom. The van der Waals surface area contributed by atoms with E-state index in [1.165, 1.54) is 37.7 Å². The monoisotopic (exact) mass is 369 g/mol. The van der Waals surface area contributed by atoms with Gasteiger partial charge in [0.15, 0.2) is 5.84 Å². The number of benzene rings is 1. The van der Waals surface area contributed by atoms with Crippen molar-refractivity contribution in [2.75, 3.05) is 6.38 Å². The van der Waals surface area contributed by atoms with Gasteiger partial charge < -0.3 is 0 Å². The van der Waals surface area contributed by atoms with Gasteiger partial charge in [-0.3, -0.25) is 10.1 Å². The van der Waals surface area contributed by atoms with Crippen LogP contribution in [0, 0.1) is 10.1 Å². The third-order valence-electron chi connectivity index (χ3n) is 2.87. The van der Waals surface area contributed by atoms with Crippen molar-refractivity contribution in [3.63, 3.8) is 0 Å². The quantitative estimate of drug-likeness (QED) is 0.463. The molecule has 0 spiro atoms. The first-order valence-electron chi connectivity index (χ1n) is 6.58. The van der Waals surface area contributed by atoms with E-state index < -0.39 is 14.9 Å². The highest BCUT2D eigenvalue weighted by Crippen LogP contribution is 2.23. The Bertz CT molecular complexity index is 814. The standard InChI is InChI=1S/C14H13N3O4S.CH3Cl/c1-11-8-9-16(14(11)15-10-12(2)17(18)19)22(20,21)13-6-4-3-5-7-13;1-2/h3-10H,1H2,2H3;1H3/b12-10+,15-14?;. The minimum atomic E-state index is -3.83. The van der Waals surface area contributed by atoms with Gasteiger partial charge in [0.1, 0.15) is 6.20 Å². The first-order chi connectivity index (χ1) is 11.3. The molecule has 9 heteroatoms. The van der Waals surface area contributed by atoms with Crippen molar-refractivity contribution < 1.29 is 13.3 Å². The van der Waals surface area contributed by atoms with E-state index in [2.05, 4.69) is 23.2 Å². The van der Waals surface area contributed by atoms with Gasteiger partial charge in [0.25, 0.3) is 15.7 Å². The predicted octanol–water partition coefficient (Wildman–Crippen LogP) is 3.15. The average Bonchev–Trinajstić information content (AvgIpc) is 2.96. The maximum atomic E-state index is 12.6. The molecule has 0 atom stereocenters. The molecule has 1 aromatic carbocycles. The van der Waals surface area contributed by atoms with Gasteiger partial charge in [0.05, 0.1) is 9.82 Å². The number of nitro groups is 1. The Labute approximate surface area is 145 Å². The van der Waals surface area contributed by atoms with Crippen LogP contribution in [-0.4, -0.2) is 29.9 Å². The summed E-state index contributed by atoms with van der Waals surface area (Å²) in [6.07, 6.45) is 5.27. The molecule has 0 aliphatic carbocycles. The Morgan fingerprint density at radius 2 is 1.92 bits per heavy atom. The molecular weight excluding hydrogens is 354 g/mol. The topological polar surface area (TPSA) is 92.9 Å². The fourth-order valence-electron chi connectivity index (χ4n) is 1.69. The second kappa shape index (κ2) is 8.42. The number of alkyl halides is 1. The molecule has 0 bridgehead atoms. The van der Waals surface area contributed by atoms with Crippen molar-refractivity contribution >= 4 is 27.5 Å². The fourth-order valence-corrected chi connectivity index (χ4v) is 3.03. The molecule has 1 aromatic rings. The molecule has 0 saturated carbocycles. The minimum absolute atomic E-state index is 0.0325. The summed E-state index contributed by atoms with van der Waals surface area (Å²) < 4.78 is 26.1. The third-order valence-corrected chi connectivity index (χ3v) is 4.55. The number of nitrogens with zero attached hydrogens (tertiary/aromatic N) is 3. The molecule has 0 fully saturated rings. The smallest absolute Gasteiger partial charge is 0.259 e. The molecule has 0 amide bonds. The summed E-state index contributed by atoms with van der Waals surface area (Å²) in [6, 6.07) is 7.83. The van der Waals surface area contributed by atoms with Gasteiger partial charge in [0.2, 0.25) is 0 Å². The maximum Gasteiger partial charge on any atom is 0.269 e. The van der Waals surface area contributed by atoms with Crippen LogP contribution in [-0.2, 0) is 10.0 Å². The van der Waals surface area contributed by atoms with E-state index in [1.54, 1.807) is 18.2 Å². The summed E-state index contributed by atoms with van der Waals surface area (Å²) in [5, 5.41) is 10.6. The molecule has 2 rings (SSSR count). The lowest BCUT2D eigenvalue weighted by Crippen LogP contribution is -2.29. The normalized spacial score (nSPS) is 16.1. The Balaban J connectivity index is 0.00000139. The summed E-state index contributed by atoms with van der Waals surface area (Å²) in [5.74, 6) is 0.0325. The number of rotatable bonds is 4. The zero-order chi connectivity index (χ0) is 18.3. The summed E-state index contributed by atoms with van der Waals surface area (Å²) in [5.41, 5.74) is 0.149. The van der Waals surface area contributed by atoms with Crippen LogP contribution in [0.2, 0.25) is 0 Å². The van der Waals surface area contributed by atoms with Gasteiger partial charge >= 0.3 is 0 Å².